The molecule has 1 aliphatic heterocycles. The fraction of sp³-hybridized carbons (Fsp3) is 0.474. The third-order valence-corrected chi connectivity index (χ3v) is 5.25. The second kappa shape index (κ2) is 7.26. The molecule has 0 amide bonds. The van der Waals surface area contributed by atoms with E-state index in [9.17, 15) is 13.2 Å². The van der Waals surface area contributed by atoms with Crippen molar-refractivity contribution in [3.05, 3.63) is 40.8 Å². The van der Waals surface area contributed by atoms with E-state index in [4.69, 9.17) is 16.7 Å². The fourth-order valence-corrected chi connectivity index (χ4v) is 3.67. The Bertz CT molecular complexity index is 1070. The van der Waals surface area contributed by atoms with E-state index in [2.05, 4.69) is 40.9 Å². The lowest BCUT2D eigenvalue weighted by molar-refractivity contribution is -0.137. The molecule has 0 N–H and O–H groups in total. The largest absolute Gasteiger partial charge is 0.417 e. The maximum atomic E-state index is 12.8. The number of halogens is 4. The van der Waals surface area contributed by atoms with Crippen molar-refractivity contribution < 1.29 is 13.2 Å². The van der Waals surface area contributed by atoms with Crippen molar-refractivity contribution in [2.45, 2.75) is 32.4 Å². The van der Waals surface area contributed by atoms with Gasteiger partial charge in [0.15, 0.2) is 11.5 Å². The monoisotopic (exact) mass is 439 g/mol. The summed E-state index contributed by atoms with van der Waals surface area (Å²) < 4.78 is 40.3. The first-order valence-corrected chi connectivity index (χ1v) is 9.87. The van der Waals surface area contributed by atoms with E-state index in [1.54, 1.807) is 4.52 Å². The Morgan fingerprint density at radius 3 is 2.23 bits per heavy atom. The molecule has 0 atom stereocenters. The van der Waals surface area contributed by atoms with Crippen LogP contribution in [0.4, 0.5) is 24.8 Å². The molecule has 11 heteroatoms. The number of hydrogen-bond donors (Lipinski definition) is 0. The number of piperazine rings is 1. The summed E-state index contributed by atoms with van der Waals surface area (Å²) in [5.41, 5.74) is -0.367. The van der Waals surface area contributed by atoms with Gasteiger partial charge in [-0.25, -0.2) is 4.98 Å². The van der Waals surface area contributed by atoms with E-state index in [-0.39, 0.29) is 10.4 Å². The Labute approximate surface area is 176 Å². The summed E-state index contributed by atoms with van der Waals surface area (Å²) in [6.07, 6.45) is -3.64. The van der Waals surface area contributed by atoms with Crippen LogP contribution in [-0.2, 0) is 11.6 Å². The average Bonchev–Trinajstić information content (AvgIpc) is 3.11. The van der Waals surface area contributed by atoms with E-state index in [0.29, 0.717) is 37.6 Å². The van der Waals surface area contributed by atoms with E-state index < -0.39 is 11.7 Å². The van der Waals surface area contributed by atoms with Gasteiger partial charge in [-0.3, -0.25) is 0 Å². The van der Waals surface area contributed by atoms with Crippen LogP contribution in [0, 0.1) is 0 Å². The summed E-state index contributed by atoms with van der Waals surface area (Å²) in [5, 5.41) is 13.1. The van der Waals surface area contributed by atoms with E-state index in [0.717, 1.165) is 23.9 Å². The van der Waals surface area contributed by atoms with Gasteiger partial charge in [-0.2, -0.15) is 17.7 Å². The Kier molecular flexibility index (Phi) is 5.00. The maximum Gasteiger partial charge on any atom is 0.417 e. The summed E-state index contributed by atoms with van der Waals surface area (Å²) in [4.78, 5) is 7.96. The van der Waals surface area contributed by atoms with Crippen molar-refractivity contribution in [1.82, 2.24) is 24.8 Å². The minimum atomic E-state index is -4.47. The Balaban J connectivity index is 1.51. The van der Waals surface area contributed by atoms with Crippen LogP contribution >= 0.6 is 11.6 Å². The van der Waals surface area contributed by atoms with E-state index >= 15 is 0 Å². The van der Waals surface area contributed by atoms with Crippen LogP contribution in [-0.4, -0.2) is 51.0 Å². The van der Waals surface area contributed by atoms with Crippen molar-refractivity contribution in [3.8, 4) is 0 Å². The number of aromatic nitrogens is 5. The maximum absolute atomic E-state index is 12.8. The Morgan fingerprint density at radius 1 is 0.967 bits per heavy atom. The fourth-order valence-electron chi connectivity index (χ4n) is 3.38. The lowest BCUT2D eigenvalue weighted by Gasteiger charge is -2.36. The summed E-state index contributed by atoms with van der Waals surface area (Å²) >= 11 is 6.09. The van der Waals surface area contributed by atoms with Gasteiger partial charge in [0, 0.05) is 37.8 Å². The van der Waals surface area contributed by atoms with Crippen LogP contribution in [0.15, 0.2) is 24.4 Å². The zero-order valence-electron chi connectivity index (χ0n) is 16.8. The molecular weight excluding hydrogens is 419 g/mol. The predicted molar refractivity (Wildman–Crippen MR) is 108 cm³/mol. The average molecular weight is 440 g/mol. The molecule has 1 saturated heterocycles. The standard InChI is InChI=1S/C19H21ClF3N7/c1-18(2,3)17-26-25-14-4-5-15(27-30(14)17)28-6-8-29(9-7-28)16-13(20)10-12(11-24-16)19(21,22)23/h4-5,10-11H,6-9H2,1-3H3. The van der Waals surface area contributed by atoms with Crippen molar-refractivity contribution in [2.75, 3.05) is 36.0 Å². The second-order valence-electron chi connectivity index (χ2n) is 8.24. The molecule has 0 spiro atoms. The summed E-state index contributed by atoms with van der Waals surface area (Å²) in [6.45, 7) is 8.54. The van der Waals surface area contributed by atoms with Gasteiger partial charge in [-0.05, 0) is 18.2 Å². The van der Waals surface area contributed by atoms with Crippen LogP contribution in [0.5, 0.6) is 0 Å². The van der Waals surface area contributed by atoms with E-state index in [1.807, 2.05) is 17.0 Å². The highest BCUT2D eigenvalue weighted by Gasteiger charge is 2.32. The molecule has 4 rings (SSSR count). The van der Waals surface area contributed by atoms with Gasteiger partial charge in [0.25, 0.3) is 0 Å². The zero-order chi connectivity index (χ0) is 21.7. The number of anilines is 2. The molecule has 3 aromatic rings. The Hall–Kier alpha value is -2.62. The van der Waals surface area contributed by atoms with Gasteiger partial charge in [0.1, 0.15) is 11.6 Å². The molecule has 30 heavy (non-hydrogen) atoms. The highest BCUT2D eigenvalue weighted by atomic mass is 35.5. The summed E-state index contributed by atoms with van der Waals surface area (Å²) in [6, 6.07) is 4.70. The van der Waals surface area contributed by atoms with Crippen molar-refractivity contribution in [1.29, 1.82) is 0 Å². The molecule has 0 aromatic carbocycles. The van der Waals surface area contributed by atoms with Gasteiger partial charge < -0.3 is 9.80 Å². The lowest BCUT2D eigenvalue weighted by Crippen LogP contribution is -2.47. The highest BCUT2D eigenvalue weighted by Crippen LogP contribution is 2.34. The van der Waals surface area contributed by atoms with Gasteiger partial charge in [0.2, 0.25) is 0 Å². The molecule has 0 bridgehead atoms. The van der Waals surface area contributed by atoms with Gasteiger partial charge in [-0.1, -0.05) is 32.4 Å². The van der Waals surface area contributed by atoms with Gasteiger partial charge in [0.05, 0.1) is 10.6 Å². The van der Waals surface area contributed by atoms with Crippen LogP contribution in [0.3, 0.4) is 0 Å². The molecule has 7 nitrogen and oxygen atoms in total. The van der Waals surface area contributed by atoms with Crippen LogP contribution in [0.25, 0.3) is 5.65 Å². The highest BCUT2D eigenvalue weighted by molar-refractivity contribution is 6.33. The molecule has 3 aromatic heterocycles. The smallest absolute Gasteiger partial charge is 0.352 e. The minimum Gasteiger partial charge on any atom is -0.352 e. The molecule has 0 aliphatic carbocycles. The first-order valence-electron chi connectivity index (χ1n) is 9.49. The molecule has 0 radical (unpaired) electrons. The van der Waals surface area contributed by atoms with Crippen LogP contribution in [0.2, 0.25) is 5.02 Å². The Morgan fingerprint density at radius 2 is 1.63 bits per heavy atom. The first kappa shape index (κ1) is 20.6. The van der Waals surface area contributed by atoms with Gasteiger partial charge >= 0.3 is 6.18 Å². The van der Waals surface area contributed by atoms with Crippen molar-refractivity contribution in [3.63, 3.8) is 0 Å². The molecule has 160 valence electrons. The quantitative estimate of drug-likeness (QED) is 0.605. The molecule has 4 heterocycles. The zero-order valence-corrected chi connectivity index (χ0v) is 17.5. The number of nitrogens with zero attached hydrogens (tertiary/aromatic N) is 7. The molecule has 1 aliphatic rings. The number of hydrogen-bond acceptors (Lipinski definition) is 6. The SMILES string of the molecule is CC(C)(C)c1nnc2ccc(N3CCN(c4ncc(C(F)(F)F)cc4Cl)CC3)nn12. The van der Waals surface area contributed by atoms with Crippen LogP contribution < -0.4 is 9.80 Å². The summed E-state index contributed by atoms with van der Waals surface area (Å²) in [7, 11) is 0. The molecule has 0 saturated carbocycles. The molecule has 1 fully saturated rings. The normalized spacial score (nSPS) is 15.8. The molecular formula is C19H21ClF3N7. The third-order valence-electron chi connectivity index (χ3n) is 4.97. The second-order valence-corrected chi connectivity index (χ2v) is 8.64. The van der Waals surface area contributed by atoms with Crippen molar-refractivity contribution >= 4 is 28.9 Å². The topological polar surface area (TPSA) is 62.5 Å². The number of rotatable bonds is 2. The minimum absolute atomic E-state index is 0.00266. The van der Waals surface area contributed by atoms with E-state index in [1.165, 1.54) is 0 Å². The number of alkyl halides is 3. The summed E-state index contributed by atoms with van der Waals surface area (Å²) in [5.74, 6) is 1.93. The third kappa shape index (κ3) is 3.88. The van der Waals surface area contributed by atoms with Crippen molar-refractivity contribution in [2.24, 2.45) is 0 Å². The lowest BCUT2D eigenvalue weighted by atomic mass is 9.96. The number of pyridine rings is 1. The van der Waals surface area contributed by atoms with Gasteiger partial charge in [-0.15, -0.1) is 15.3 Å². The number of fused-ring (bicyclic) bond motifs is 1. The van der Waals surface area contributed by atoms with Crippen LogP contribution in [0.1, 0.15) is 32.2 Å². The first-order chi connectivity index (χ1) is 14.0. The predicted octanol–water partition coefficient (Wildman–Crippen LogP) is 3.82. The molecule has 0 unspecified atom stereocenters.